The van der Waals surface area contributed by atoms with E-state index in [9.17, 15) is 19.0 Å². The molecule has 436 valence electrons. The molecule has 10 heteroatoms. The van der Waals surface area contributed by atoms with Crippen molar-refractivity contribution in [2.75, 3.05) is 40.9 Å². The van der Waals surface area contributed by atoms with Crippen molar-refractivity contribution in [1.82, 2.24) is 5.32 Å². The van der Waals surface area contributed by atoms with Gasteiger partial charge in [0.1, 0.15) is 19.3 Å². The predicted molar refractivity (Wildman–Crippen MR) is 332 cm³/mol. The van der Waals surface area contributed by atoms with E-state index in [-0.39, 0.29) is 32.0 Å². The van der Waals surface area contributed by atoms with Crippen molar-refractivity contribution in [3.63, 3.8) is 0 Å². The van der Waals surface area contributed by atoms with E-state index < -0.39 is 25.9 Å². The molecule has 0 rings (SSSR count). The van der Waals surface area contributed by atoms with Crippen LogP contribution in [0.3, 0.4) is 0 Å². The van der Waals surface area contributed by atoms with E-state index in [1.54, 1.807) is 0 Å². The Labute approximate surface area is 472 Å². The molecule has 0 aromatic carbocycles. The smallest absolute Gasteiger partial charge is 0.456 e. The van der Waals surface area contributed by atoms with Crippen LogP contribution in [0.25, 0.3) is 0 Å². The molecule has 77 heavy (non-hydrogen) atoms. The van der Waals surface area contributed by atoms with Gasteiger partial charge in [0.05, 0.1) is 33.8 Å². The largest absolute Gasteiger partial charge is 0.472 e. The molecule has 0 radical (unpaired) electrons. The highest BCUT2D eigenvalue weighted by molar-refractivity contribution is 7.47. The summed E-state index contributed by atoms with van der Waals surface area (Å²) in [7, 11) is 1.42. The average molecular weight is 1090 g/mol. The van der Waals surface area contributed by atoms with E-state index in [0.29, 0.717) is 23.9 Å². The van der Waals surface area contributed by atoms with Crippen LogP contribution in [0.5, 0.6) is 0 Å². The van der Waals surface area contributed by atoms with Crippen LogP contribution in [0.15, 0.2) is 146 Å². The summed E-state index contributed by atoms with van der Waals surface area (Å²) in [6.45, 7) is 6.68. The minimum Gasteiger partial charge on any atom is -0.456 e. The van der Waals surface area contributed by atoms with E-state index >= 15 is 0 Å². The van der Waals surface area contributed by atoms with Crippen LogP contribution in [-0.4, -0.2) is 74.3 Å². The molecule has 0 aromatic rings. The number of carbonyl (C=O) groups is 2. The van der Waals surface area contributed by atoms with Crippen molar-refractivity contribution < 1.29 is 37.3 Å². The highest BCUT2D eigenvalue weighted by Gasteiger charge is 2.30. The van der Waals surface area contributed by atoms with E-state index in [1.165, 1.54) is 44.9 Å². The van der Waals surface area contributed by atoms with Crippen molar-refractivity contribution in [3.8, 4) is 0 Å². The Morgan fingerprint density at radius 1 is 0.468 bits per heavy atom. The monoisotopic (exact) mass is 1090 g/mol. The summed E-state index contributed by atoms with van der Waals surface area (Å²) in [6.07, 6.45) is 80.0. The number of phosphoric acid groups is 1. The molecule has 0 bridgehead atoms. The van der Waals surface area contributed by atoms with Gasteiger partial charge in [-0.15, -0.1) is 0 Å². The summed E-state index contributed by atoms with van der Waals surface area (Å²) in [5.74, 6) is -0.639. The Hall–Kier alpha value is -4.11. The first-order chi connectivity index (χ1) is 37.4. The molecule has 3 unspecified atom stereocenters. The first kappa shape index (κ1) is 72.9. The van der Waals surface area contributed by atoms with Crippen LogP contribution < -0.4 is 5.32 Å². The maximum absolute atomic E-state index is 13.5. The zero-order chi connectivity index (χ0) is 56.4. The number of nitrogens with one attached hydrogen (secondary N) is 1. The standard InChI is InChI=1S/C67H111N2O7P/c1-7-10-13-16-19-22-25-27-29-31-33-34-36-37-39-41-44-47-50-53-56-59-66(70)68-64(63-75-77(72,73)74-62-61-69(4,5)6)65(58-55-52-49-46-43-24-21-18-15-12-9-3)76-67(71)60-57-54-51-48-45-42-40-38-35-32-30-28-26-23-20-17-14-11-8-2/h10-11,13-14,19-20,22-23,27-30,33-35,37-39,42,45,51,54-55,58,64-65H,7-9,12,15-18,21,24-26,31-32,36,40-41,43-44,46-50,52-53,56-57,59-63H2,1-6H3,(H-,68,70,72,73)/p+1/b13-10-,14-11-,22-19-,23-20-,29-27-,30-28-,34-33-,38-35-,39-37-,45-42-,54-51-,58-55+. The Morgan fingerprint density at radius 2 is 0.844 bits per heavy atom. The topological polar surface area (TPSA) is 111 Å². The van der Waals surface area contributed by atoms with Gasteiger partial charge in [0.25, 0.3) is 0 Å². The summed E-state index contributed by atoms with van der Waals surface area (Å²) in [5, 5.41) is 3.02. The summed E-state index contributed by atoms with van der Waals surface area (Å²) >= 11 is 0. The number of carbonyl (C=O) groups excluding carboxylic acids is 2. The van der Waals surface area contributed by atoms with Crippen molar-refractivity contribution in [1.29, 1.82) is 0 Å². The lowest BCUT2D eigenvalue weighted by atomic mass is 10.1. The second-order valence-electron chi connectivity index (χ2n) is 20.8. The van der Waals surface area contributed by atoms with E-state index in [0.717, 1.165) is 122 Å². The molecule has 0 aliphatic rings. The second-order valence-corrected chi connectivity index (χ2v) is 22.2. The number of hydrogen-bond acceptors (Lipinski definition) is 6. The number of hydrogen-bond donors (Lipinski definition) is 2. The summed E-state index contributed by atoms with van der Waals surface area (Å²) in [6, 6.07) is -0.900. The maximum atomic E-state index is 13.5. The van der Waals surface area contributed by atoms with Gasteiger partial charge in [-0.05, 0) is 115 Å². The number of phosphoric ester groups is 1. The third-order valence-corrected chi connectivity index (χ3v) is 13.3. The quantitative estimate of drug-likeness (QED) is 0.0205. The first-order valence-corrected chi connectivity index (χ1v) is 31.7. The fraction of sp³-hybridized carbons (Fsp3) is 0.612. The van der Waals surface area contributed by atoms with Crippen LogP contribution in [0.1, 0.15) is 213 Å². The van der Waals surface area contributed by atoms with Crippen LogP contribution in [0.4, 0.5) is 0 Å². The number of allylic oxidation sites excluding steroid dienone is 23. The van der Waals surface area contributed by atoms with E-state index in [1.807, 2.05) is 45.4 Å². The third-order valence-electron chi connectivity index (χ3n) is 12.3. The van der Waals surface area contributed by atoms with Crippen LogP contribution in [0, 0.1) is 0 Å². The van der Waals surface area contributed by atoms with Gasteiger partial charge in [-0.25, -0.2) is 4.57 Å². The second kappa shape index (κ2) is 55.2. The summed E-state index contributed by atoms with van der Waals surface area (Å²) in [5.41, 5.74) is 0. The number of likely N-dealkylation sites (N-methyl/N-ethyl adjacent to an activating group) is 1. The molecule has 0 aliphatic heterocycles. The number of nitrogens with zero attached hydrogens (tertiary/aromatic N) is 1. The molecule has 0 aromatic heterocycles. The molecule has 3 atom stereocenters. The highest BCUT2D eigenvalue weighted by atomic mass is 31.2. The van der Waals surface area contributed by atoms with Crippen molar-refractivity contribution in [2.45, 2.75) is 226 Å². The minimum atomic E-state index is -4.48. The molecular formula is C67H112N2O7P+. The number of rotatable bonds is 52. The van der Waals surface area contributed by atoms with Crippen LogP contribution >= 0.6 is 7.82 Å². The SMILES string of the molecule is CC/C=C\C/C=C\C/C=C\C/C=C\C/C=C\C/C=C\CCC(=O)OC(/C=C/CCCCCCCCCCC)C(COP(=O)(O)OCC[N+](C)(C)C)NC(=O)CCCCCCC/C=C\C/C=C\C/C=C\C/C=C\C/C=C\CC. The zero-order valence-electron chi connectivity index (χ0n) is 49.6. The van der Waals surface area contributed by atoms with Gasteiger partial charge in [-0.3, -0.25) is 18.6 Å². The van der Waals surface area contributed by atoms with Crippen molar-refractivity contribution in [2.24, 2.45) is 0 Å². The normalized spacial score (nSPS) is 14.7. The lowest BCUT2D eigenvalue weighted by molar-refractivity contribution is -0.870. The Kier molecular flexibility index (Phi) is 52.3. The molecule has 0 spiro atoms. The summed E-state index contributed by atoms with van der Waals surface area (Å²) in [4.78, 5) is 37.6. The van der Waals surface area contributed by atoms with Gasteiger partial charge >= 0.3 is 13.8 Å². The fourth-order valence-electron chi connectivity index (χ4n) is 7.70. The number of amides is 1. The number of quaternary nitrogens is 1. The summed E-state index contributed by atoms with van der Waals surface area (Å²) < 4.78 is 30.6. The molecule has 1 amide bonds. The molecule has 0 saturated carbocycles. The van der Waals surface area contributed by atoms with Crippen LogP contribution in [0.2, 0.25) is 0 Å². The van der Waals surface area contributed by atoms with Crippen molar-refractivity contribution in [3.05, 3.63) is 146 Å². The predicted octanol–water partition coefficient (Wildman–Crippen LogP) is 18.7. The molecule has 0 saturated heterocycles. The Bertz CT molecular complexity index is 1830. The first-order valence-electron chi connectivity index (χ1n) is 30.2. The van der Waals surface area contributed by atoms with E-state index in [2.05, 4.69) is 148 Å². The van der Waals surface area contributed by atoms with Crippen molar-refractivity contribution >= 4 is 19.7 Å². The van der Waals surface area contributed by atoms with Gasteiger partial charge < -0.3 is 19.4 Å². The average Bonchev–Trinajstić information content (AvgIpc) is 3.39. The Morgan fingerprint density at radius 3 is 1.27 bits per heavy atom. The maximum Gasteiger partial charge on any atom is 0.472 e. The lowest BCUT2D eigenvalue weighted by Crippen LogP contribution is -2.47. The lowest BCUT2D eigenvalue weighted by Gasteiger charge is -2.27. The molecule has 0 fully saturated rings. The highest BCUT2D eigenvalue weighted by Crippen LogP contribution is 2.43. The van der Waals surface area contributed by atoms with Gasteiger partial charge in [-0.1, -0.05) is 231 Å². The third kappa shape index (κ3) is 56.4. The number of esters is 1. The number of ether oxygens (including phenoxy) is 1. The molecule has 2 N–H and O–H groups in total. The van der Waals surface area contributed by atoms with Gasteiger partial charge in [0, 0.05) is 12.8 Å². The van der Waals surface area contributed by atoms with Gasteiger partial charge in [0.15, 0.2) is 0 Å². The van der Waals surface area contributed by atoms with Gasteiger partial charge in [-0.2, -0.15) is 0 Å². The van der Waals surface area contributed by atoms with E-state index in [4.69, 9.17) is 13.8 Å². The molecular weight excluding hydrogens is 976 g/mol. The number of unbranched alkanes of at least 4 members (excludes halogenated alkanes) is 14. The minimum absolute atomic E-state index is 0.0161. The molecule has 0 heterocycles. The zero-order valence-corrected chi connectivity index (χ0v) is 50.5. The van der Waals surface area contributed by atoms with Crippen LogP contribution in [-0.2, 0) is 27.9 Å². The van der Waals surface area contributed by atoms with Gasteiger partial charge in [0.2, 0.25) is 5.91 Å². The molecule has 0 aliphatic carbocycles. The molecule has 9 nitrogen and oxygen atoms in total. The fourth-order valence-corrected chi connectivity index (χ4v) is 8.43. The Balaban J connectivity index is 5.41.